The molecule has 1 aromatic heterocycles. The van der Waals surface area contributed by atoms with Crippen LogP contribution in [0.4, 0.5) is 11.6 Å². The summed E-state index contributed by atoms with van der Waals surface area (Å²) >= 11 is 0. The van der Waals surface area contributed by atoms with Gasteiger partial charge in [-0.05, 0) is 34.1 Å². The monoisotopic (exact) mass is 222 g/mol. The molecule has 1 aromatic rings. The number of rotatable bonds is 4. The molecule has 16 heavy (non-hydrogen) atoms. The van der Waals surface area contributed by atoms with Gasteiger partial charge < -0.3 is 10.6 Å². The standard InChI is InChI=1S/C12H22N4/c1-6-7-16(8(2)3)12-9(4)11(13)14-10(5)15-12/h8H,6-7H2,1-5H3,(H2,13,14,15). The van der Waals surface area contributed by atoms with Crippen molar-refractivity contribution in [3.8, 4) is 0 Å². The topological polar surface area (TPSA) is 55.0 Å². The zero-order valence-electron chi connectivity index (χ0n) is 10.9. The lowest BCUT2D eigenvalue weighted by molar-refractivity contribution is 0.657. The highest BCUT2D eigenvalue weighted by atomic mass is 15.2. The van der Waals surface area contributed by atoms with Gasteiger partial charge in [-0.15, -0.1) is 0 Å². The van der Waals surface area contributed by atoms with Crippen molar-refractivity contribution < 1.29 is 0 Å². The van der Waals surface area contributed by atoms with E-state index in [-0.39, 0.29) is 0 Å². The summed E-state index contributed by atoms with van der Waals surface area (Å²) in [7, 11) is 0. The van der Waals surface area contributed by atoms with Gasteiger partial charge in [0.2, 0.25) is 0 Å². The van der Waals surface area contributed by atoms with E-state index in [1.807, 2.05) is 13.8 Å². The van der Waals surface area contributed by atoms with Crippen LogP contribution in [-0.2, 0) is 0 Å². The van der Waals surface area contributed by atoms with Gasteiger partial charge in [-0.1, -0.05) is 6.92 Å². The maximum atomic E-state index is 5.88. The van der Waals surface area contributed by atoms with Crippen LogP contribution in [-0.4, -0.2) is 22.6 Å². The second-order valence-electron chi connectivity index (χ2n) is 4.39. The minimum atomic E-state index is 0.423. The SMILES string of the molecule is CCCN(c1nc(C)nc(N)c1C)C(C)C. The fraction of sp³-hybridized carbons (Fsp3) is 0.667. The molecule has 0 saturated carbocycles. The normalized spacial score (nSPS) is 10.9. The van der Waals surface area contributed by atoms with Crippen LogP contribution in [0.2, 0.25) is 0 Å². The average Bonchev–Trinajstić information content (AvgIpc) is 2.20. The summed E-state index contributed by atoms with van der Waals surface area (Å²) in [5.41, 5.74) is 6.86. The minimum Gasteiger partial charge on any atom is -0.383 e. The molecule has 4 heteroatoms. The van der Waals surface area contributed by atoms with Crippen molar-refractivity contribution in [1.29, 1.82) is 0 Å². The van der Waals surface area contributed by atoms with Crippen LogP contribution in [0.1, 0.15) is 38.6 Å². The zero-order valence-corrected chi connectivity index (χ0v) is 10.9. The average molecular weight is 222 g/mol. The Morgan fingerprint density at radius 1 is 1.25 bits per heavy atom. The molecule has 0 unspecified atom stereocenters. The van der Waals surface area contributed by atoms with Crippen LogP contribution in [0.15, 0.2) is 0 Å². The maximum Gasteiger partial charge on any atom is 0.137 e. The van der Waals surface area contributed by atoms with Gasteiger partial charge in [-0.25, -0.2) is 9.97 Å². The Hall–Kier alpha value is -1.32. The summed E-state index contributed by atoms with van der Waals surface area (Å²) in [4.78, 5) is 11.0. The van der Waals surface area contributed by atoms with Crippen molar-refractivity contribution in [3.63, 3.8) is 0 Å². The van der Waals surface area contributed by atoms with E-state index < -0.39 is 0 Å². The third kappa shape index (κ3) is 2.62. The van der Waals surface area contributed by atoms with E-state index >= 15 is 0 Å². The van der Waals surface area contributed by atoms with E-state index in [2.05, 4.69) is 35.6 Å². The lowest BCUT2D eigenvalue weighted by atomic mass is 10.2. The number of aromatic nitrogens is 2. The molecule has 0 radical (unpaired) electrons. The van der Waals surface area contributed by atoms with Crippen molar-refractivity contribution in [2.45, 2.75) is 47.1 Å². The lowest BCUT2D eigenvalue weighted by Gasteiger charge is -2.29. The van der Waals surface area contributed by atoms with Crippen LogP contribution < -0.4 is 10.6 Å². The van der Waals surface area contributed by atoms with Gasteiger partial charge in [0, 0.05) is 18.2 Å². The predicted octanol–water partition coefficient (Wildman–Crippen LogP) is 2.30. The van der Waals surface area contributed by atoms with E-state index in [1.165, 1.54) is 0 Å². The van der Waals surface area contributed by atoms with Gasteiger partial charge in [0.1, 0.15) is 17.5 Å². The van der Waals surface area contributed by atoms with E-state index in [1.54, 1.807) is 0 Å². The summed E-state index contributed by atoms with van der Waals surface area (Å²) < 4.78 is 0. The maximum absolute atomic E-state index is 5.88. The Kier molecular flexibility index (Phi) is 4.10. The second kappa shape index (κ2) is 5.14. The highest BCUT2D eigenvalue weighted by Crippen LogP contribution is 2.23. The molecule has 0 aliphatic heterocycles. The number of hydrogen-bond donors (Lipinski definition) is 1. The molecule has 0 fully saturated rings. The first-order chi connectivity index (χ1) is 7.47. The van der Waals surface area contributed by atoms with E-state index in [0.717, 1.165) is 30.2 Å². The molecule has 4 nitrogen and oxygen atoms in total. The lowest BCUT2D eigenvalue weighted by Crippen LogP contribution is -2.33. The summed E-state index contributed by atoms with van der Waals surface area (Å²) in [6.45, 7) is 11.4. The fourth-order valence-corrected chi connectivity index (χ4v) is 1.76. The quantitative estimate of drug-likeness (QED) is 0.849. The van der Waals surface area contributed by atoms with Crippen LogP contribution in [0.5, 0.6) is 0 Å². The van der Waals surface area contributed by atoms with Gasteiger partial charge in [-0.3, -0.25) is 0 Å². The first-order valence-corrected chi connectivity index (χ1v) is 5.84. The molecule has 90 valence electrons. The molecule has 1 heterocycles. The molecule has 0 aliphatic rings. The van der Waals surface area contributed by atoms with E-state index in [9.17, 15) is 0 Å². The third-order valence-electron chi connectivity index (χ3n) is 2.63. The largest absolute Gasteiger partial charge is 0.383 e. The molecule has 1 rings (SSSR count). The Morgan fingerprint density at radius 3 is 2.38 bits per heavy atom. The second-order valence-corrected chi connectivity index (χ2v) is 4.39. The van der Waals surface area contributed by atoms with Gasteiger partial charge in [-0.2, -0.15) is 0 Å². The van der Waals surface area contributed by atoms with Gasteiger partial charge in [0.15, 0.2) is 0 Å². The molecule has 0 bridgehead atoms. The molecule has 0 aromatic carbocycles. The molecule has 0 aliphatic carbocycles. The third-order valence-corrected chi connectivity index (χ3v) is 2.63. The number of nitrogen functional groups attached to an aromatic ring is 1. The van der Waals surface area contributed by atoms with Crippen molar-refractivity contribution >= 4 is 11.6 Å². The predicted molar refractivity (Wildman–Crippen MR) is 68.7 cm³/mol. The summed E-state index contributed by atoms with van der Waals surface area (Å²) in [5, 5.41) is 0. The highest BCUT2D eigenvalue weighted by Gasteiger charge is 2.16. The number of nitrogens with zero attached hydrogens (tertiary/aromatic N) is 3. The van der Waals surface area contributed by atoms with Gasteiger partial charge in [0.05, 0.1) is 0 Å². The van der Waals surface area contributed by atoms with E-state index in [0.29, 0.717) is 11.9 Å². The summed E-state index contributed by atoms with van der Waals surface area (Å²) in [6, 6.07) is 0.423. The first kappa shape index (κ1) is 12.7. The number of aryl methyl sites for hydroxylation is 1. The number of nitrogens with two attached hydrogens (primary N) is 1. The Bertz CT molecular complexity index is 360. The fourth-order valence-electron chi connectivity index (χ4n) is 1.76. The molecule has 0 amide bonds. The molecule has 0 spiro atoms. The van der Waals surface area contributed by atoms with Crippen molar-refractivity contribution in [3.05, 3.63) is 11.4 Å². The summed E-state index contributed by atoms with van der Waals surface area (Å²) in [5.74, 6) is 2.30. The molecule has 0 saturated heterocycles. The Balaban J connectivity index is 3.17. The van der Waals surface area contributed by atoms with Crippen molar-refractivity contribution in [2.75, 3.05) is 17.2 Å². The van der Waals surface area contributed by atoms with Crippen molar-refractivity contribution in [1.82, 2.24) is 9.97 Å². The van der Waals surface area contributed by atoms with Crippen LogP contribution in [0.25, 0.3) is 0 Å². The van der Waals surface area contributed by atoms with Gasteiger partial charge >= 0.3 is 0 Å². The number of hydrogen-bond acceptors (Lipinski definition) is 4. The smallest absolute Gasteiger partial charge is 0.137 e. The zero-order chi connectivity index (χ0) is 12.3. The first-order valence-electron chi connectivity index (χ1n) is 5.84. The Morgan fingerprint density at radius 2 is 1.88 bits per heavy atom. The molecule has 2 N–H and O–H groups in total. The van der Waals surface area contributed by atoms with Crippen LogP contribution in [0.3, 0.4) is 0 Å². The summed E-state index contributed by atoms with van der Waals surface area (Å²) in [6.07, 6.45) is 1.10. The molecule has 0 atom stereocenters. The van der Waals surface area contributed by atoms with Crippen LogP contribution in [0, 0.1) is 13.8 Å². The van der Waals surface area contributed by atoms with Crippen molar-refractivity contribution in [2.24, 2.45) is 0 Å². The Labute approximate surface area is 97.9 Å². The van der Waals surface area contributed by atoms with Crippen LogP contribution >= 0.6 is 0 Å². The number of anilines is 2. The molecular weight excluding hydrogens is 200 g/mol. The minimum absolute atomic E-state index is 0.423. The van der Waals surface area contributed by atoms with E-state index in [4.69, 9.17) is 5.73 Å². The van der Waals surface area contributed by atoms with Gasteiger partial charge in [0.25, 0.3) is 0 Å². The highest BCUT2D eigenvalue weighted by molar-refractivity contribution is 5.56. The molecular formula is C12H22N4.